The predicted molar refractivity (Wildman–Crippen MR) is 88.9 cm³/mol. The number of halogens is 1. The Morgan fingerprint density at radius 3 is 2.73 bits per heavy atom. The molecule has 1 N–H and O–H groups in total. The number of carbonyl (C=O) groups is 1. The van der Waals surface area contributed by atoms with Gasteiger partial charge in [0.2, 0.25) is 0 Å². The van der Waals surface area contributed by atoms with Crippen LogP contribution in [0.15, 0.2) is 48.7 Å². The largest absolute Gasteiger partial charge is 0.495 e. The number of aryl methyl sites for hydroxylation is 1. The van der Waals surface area contributed by atoms with E-state index in [9.17, 15) is 4.79 Å². The van der Waals surface area contributed by atoms with Crippen molar-refractivity contribution >= 4 is 34.1 Å². The van der Waals surface area contributed by atoms with Gasteiger partial charge in [0, 0.05) is 30.0 Å². The zero-order valence-electron chi connectivity index (χ0n) is 12.3. The van der Waals surface area contributed by atoms with E-state index in [1.165, 1.54) is 0 Å². The summed E-state index contributed by atoms with van der Waals surface area (Å²) in [5, 5.41) is 4.40. The van der Waals surface area contributed by atoms with E-state index in [1.54, 1.807) is 25.3 Å². The summed E-state index contributed by atoms with van der Waals surface area (Å²) in [6.45, 7) is 0. The summed E-state index contributed by atoms with van der Waals surface area (Å²) in [6.07, 6.45) is 1.97. The van der Waals surface area contributed by atoms with Gasteiger partial charge in [0.05, 0.1) is 12.1 Å². The number of carbonyl (C=O) groups excluding carboxylic acids is 1. The highest BCUT2D eigenvalue weighted by Gasteiger charge is 2.09. The average Bonchev–Trinajstić information content (AvgIpc) is 2.88. The average molecular weight is 315 g/mol. The number of hydrogen-bond donors (Lipinski definition) is 1. The fourth-order valence-electron chi connectivity index (χ4n) is 2.35. The summed E-state index contributed by atoms with van der Waals surface area (Å²) in [5.74, 6) is 0.397. The lowest BCUT2D eigenvalue weighted by atomic mass is 10.1. The van der Waals surface area contributed by atoms with Gasteiger partial charge in [0.25, 0.3) is 5.91 Å². The van der Waals surface area contributed by atoms with Gasteiger partial charge in [0.15, 0.2) is 0 Å². The fourth-order valence-corrected chi connectivity index (χ4v) is 2.61. The first-order valence-corrected chi connectivity index (χ1v) is 7.16. The van der Waals surface area contributed by atoms with E-state index in [1.807, 2.05) is 42.1 Å². The van der Waals surface area contributed by atoms with Crippen LogP contribution in [0.2, 0.25) is 5.02 Å². The maximum atomic E-state index is 12.4. The van der Waals surface area contributed by atoms with Gasteiger partial charge in [-0.25, -0.2) is 0 Å². The molecule has 0 unspecified atom stereocenters. The third kappa shape index (κ3) is 2.65. The van der Waals surface area contributed by atoms with Gasteiger partial charge < -0.3 is 14.6 Å². The summed E-state index contributed by atoms with van der Waals surface area (Å²) >= 11 is 6.06. The van der Waals surface area contributed by atoms with Crippen molar-refractivity contribution in [3.05, 3.63) is 59.2 Å². The summed E-state index contributed by atoms with van der Waals surface area (Å²) in [6, 6.07) is 12.8. The smallest absolute Gasteiger partial charge is 0.255 e. The normalized spacial score (nSPS) is 10.7. The molecule has 0 aliphatic heterocycles. The minimum absolute atomic E-state index is 0.177. The number of aromatic nitrogens is 1. The van der Waals surface area contributed by atoms with Crippen LogP contribution < -0.4 is 10.1 Å². The molecule has 2 aromatic carbocycles. The van der Waals surface area contributed by atoms with Crippen LogP contribution in [0.3, 0.4) is 0 Å². The first kappa shape index (κ1) is 14.5. The van der Waals surface area contributed by atoms with Crippen LogP contribution in [0.1, 0.15) is 10.4 Å². The highest BCUT2D eigenvalue weighted by molar-refractivity contribution is 6.32. The number of hydrogen-bond acceptors (Lipinski definition) is 2. The Bertz CT molecular complexity index is 855. The van der Waals surface area contributed by atoms with Crippen LogP contribution in [0.5, 0.6) is 5.75 Å². The van der Waals surface area contributed by atoms with Gasteiger partial charge in [-0.05, 0) is 41.8 Å². The molecule has 1 heterocycles. The summed E-state index contributed by atoms with van der Waals surface area (Å²) < 4.78 is 7.08. The van der Waals surface area contributed by atoms with E-state index >= 15 is 0 Å². The second kappa shape index (κ2) is 5.73. The molecule has 22 heavy (non-hydrogen) atoms. The lowest BCUT2D eigenvalue weighted by Gasteiger charge is -2.08. The highest BCUT2D eigenvalue weighted by Crippen LogP contribution is 2.27. The molecule has 4 nitrogen and oxygen atoms in total. The molecule has 0 aliphatic rings. The third-order valence-corrected chi connectivity index (χ3v) is 3.86. The molecular formula is C17H15ClN2O2. The van der Waals surface area contributed by atoms with Crippen molar-refractivity contribution in [3.63, 3.8) is 0 Å². The first-order chi connectivity index (χ1) is 10.6. The Balaban J connectivity index is 1.86. The van der Waals surface area contributed by atoms with Gasteiger partial charge in [0.1, 0.15) is 5.75 Å². The summed E-state index contributed by atoms with van der Waals surface area (Å²) in [7, 11) is 3.50. The molecule has 1 amide bonds. The van der Waals surface area contributed by atoms with Crippen molar-refractivity contribution in [2.45, 2.75) is 0 Å². The fraction of sp³-hybridized carbons (Fsp3) is 0.118. The third-order valence-electron chi connectivity index (χ3n) is 3.56. The quantitative estimate of drug-likeness (QED) is 0.791. The monoisotopic (exact) mass is 314 g/mol. The Hall–Kier alpha value is -2.46. The molecule has 0 spiro atoms. The number of anilines is 1. The molecule has 1 aromatic heterocycles. The highest BCUT2D eigenvalue weighted by atomic mass is 35.5. The predicted octanol–water partition coefficient (Wildman–Crippen LogP) is 4.09. The summed E-state index contributed by atoms with van der Waals surface area (Å²) in [5.41, 5.74) is 2.24. The molecule has 0 aliphatic carbocycles. The number of nitrogens with zero attached hydrogens (tertiary/aromatic N) is 1. The van der Waals surface area contributed by atoms with Crippen molar-refractivity contribution < 1.29 is 9.53 Å². The number of ether oxygens (including phenoxy) is 1. The van der Waals surface area contributed by atoms with E-state index in [2.05, 4.69) is 5.32 Å². The van der Waals surface area contributed by atoms with Gasteiger partial charge in [-0.15, -0.1) is 0 Å². The number of amides is 1. The SMILES string of the molecule is COc1ccc(NC(=O)c2ccc3ccn(C)c3c2)cc1Cl. The topological polar surface area (TPSA) is 43.3 Å². The Kier molecular flexibility index (Phi) is 3.77. The van der Waals surface area contributed by atoms with E-state index in [4.69, 9.17) is 16.3 Å². The van der Waals surface area contributed by atoms with Crippen LogP contribution in [-0.2, 0) is 7.05 Å². The molecule has 112 valence electrons. The van der Waals surface area contributed by atoms with Crippen LogP contribution in [0.25, 0.3) is 10.9 Å². The van der Waals surface area contributed by atoms with Crippen molar-refractivity contribution in [2.75, 3.05) is 12.4 Å². The Morgan fingerprint density at radius 2 is 2.00 bits per heavy atom. The van der Waals surface area contributed by atoms with E-state index in [0.717, 1.165) is 10.9 Å². The van der Waals surface area contributed by atoms with E-state index in [-0.39, 0.29) is 5.91 Å². The van der Waals surface area contributed by atoms with E-state index in [0.29, 0.717) is 22.0 Å². The molecule has 0 saturated heterocycles. The lowest BCUT2D eigenvalue weighted by Crippen LogP contribution is -2.11. The first-order valence-electron chi connectivity index (χ1n) is 6.78. The molecule has 3 rings (SSSR count). The molecule has 0 bridgehead atoms. The van der Waals surface area contributed by atoms with Crippen LogP contribution >= 0.6 is 11.6 Å². The Labute approximate surface area is 133 Å². The molecule has 0 fully saturated rings. The Morgan fingerprint density at radius 1 is 1.18 bits per heavy atom. The van der Waals surface area contributed by atoms with Crippen LogP contribution in [0.4, 0.5) is 5.69 Å². The minimum atomic E-state index is -0.177. The zero-order valence-corrected chi connectivity index (χ0v) is 13.0. The zero-order chi connectivity index (χ0) is 15.7. The molecule has 0 radical (unpaired) electrons. The van der Waals surface area contributed by atoms with Crippen LogP contribution in [0, 0.1) is 0 Å². The number of methoxy groups -OCH3 is 1. The van der Waals surface area contributed by atoms with E-state index < -0.39 is 0 Å². The van der Waals surface area contributed by atoms with Crippen molar-refractivity contribution in [2.24, 2.45) is 7.05 Å². The van der Waals surface area contributed by atoms with Gasteiger partial charge in [-0.1, -0.05) is 17.7 Å². The standard InChI is InChI=1S/C17H15ClN2O2/c1-20-8-7-11-3-4-12(9-15(11)20)17(21)19-13-5-6-16(22-2)14(18)10-13/h3-10H,1-2H3,(H,19,21). The number of benzene rings is 2. The molecular weight excluding hydrogens is 300 g/mol. The van der Waals surface area contributed by atoms with Gasteiger partial charge >= 0.3 is 0 Å². The second-order valence-electron chi connectivity index (χ2n) is 5.00. The summed E-state index contributed by atoms with van der Waals surface area (Å²) in [4.78, 5) is 12.4. The number of rotatable bonds is 3. The van der Waals surface area contributed by atoms with Crippen molar-refractivity contribution in [1.82, 2.24) is 4.57 Å². The molecule has 3 aromatic rings. The second-order valence-corrected chi connectivity index (χ2v) is 5.41. The maximum absolute atomic E-state index is 12.4. The van der Waals surface area contributed by atoms with Crippen molar-refractivity contribution in [3.8, 4) is 5.75 Å². The van der Waals surface area contributed by atoms with Crippen molar-refractivity contribution in [1.29, 1.82) is 0 Å². The molecule has 5 heteroatoms. The van der Waals surface area contributed by atoms with Gasteiger partial charge in [-0.3, -0.25) is 4.79 Å². The number of nitrogens with one attached hydrogen (secondary N) is 1. The molecule has 0 atom stereocenters. The molecule has 0 saturated carbocycles. The lowest BCUT2D eigenvalue weighted by molar-refractivity contribution is 0.102. The minimum Gasteiger partial charge on any atom is -0.495 e. The number of fused-ring (bicyclic) bond motifs is 1. The van der Waals surface area contributed by atoms with Gasteiger partial charge in [-0.2, -0.15) is 0 Å². The van der Waals surface area contributed by atoms with Crippen LogP contribution in [-0.4, -0.2) is 17.6 Å². The maximum Gasteiger partial charge on any atom is 0.255 e.